The second-order valence-corrected chi connectivity index (χ2v) is 10.0. The van der Waals surface area contributed by atoms with Crippen LogP contribution in [0.3, 0.4) is 0 Å². The van der Waals surface area contributed by atoms with Crippen molar-refractivity contribution in [2.45, 2.75) is 19.9 Å². The van der Waals surface area contributed by atoms with Gasteiger partial charge < -0.3 is 26.0 Å². The summed E-state index contributed by atoms with van der Waals surface area (Å²) in [4.78, 5) is 45.3. The molecule has 1 unspecified atom stereocenters. The number of halogens is 1. The van der Waals surface area contributed by atoms with Crippen molar-refractivity contribution in [3.05, 3.63) is 94.6 Å². The lowest BCUT2D eigenvalue weighted by atomic mass is 10.1. The molecule has 1 aromatic heterocycles. The molecule has 0 bridgehead atoms. The van der Waals surface area contributed by atoms with Crippen molar-refractivity contribution >= 4 is 51.3 Å². The second-order valence-electron chi connectivity index (χ2n) is 9.07. The van der Waals surface area contributed by atoms with Crippen molar-refractivity contribution in [1.29, 1.82) is 0 Å². The van der Waals surface area contributed by atoms with Gasteiger partial charge in [0.1, 0.15) is 28.3 Å². The monoisotopic (exact) mass is 561 g/mol. The molecule has 0 saturated carbocycles. The lowest BCUT2D eigenvalue weighted by Gasteiger charge is -2.26. The molecular formula is C29H28FN5O4S. The van der Waals surface area contributed by atoms with Crippen LogP contribution in [0.4, 0.5) is 26.7 Å². The van der Waals surface area contributed by atoms with Crippen LogP contribution in [0, 0.1) is 12.7 Å². The number of nitrogen functional groups attached to an aromatic ring is 1. The highest BCUT2D eigenvalue weighted by molar-refractivity contribution is 7.18. The van der Waals surface area contributed by atoms with Gasteiger partial charge in [-0.2, -0.15) is 0 Å². The fourth-order valence-electron chi connectivity index (χ4n) is 3.87. The Kier molecular flexibility index (Phi) is 8.44. The largest absolute Gasteiger partial charge is 0.484 e. The predicted octanol–water partition coefficient (Wildman–Crippen LogP) is 4.46. The molecule has 1 heterocycles. The third-order valence-corrected chi connectivity index (χ3v) is 7.27. The molecule has 0 aliphatic carbocycles. The summed E-state index contributed by atoms with van der Waals surface area (Å²) in [6.45, 7) is 3.35. The van der Waals surface area contributed by atoms with Crippen molar-refractivity contribution in [2.75, 3.05) is 29.2 Å². The number of primary amides is 1. The number of rotatable bonds is 10. The van der Waals surface area contributed by atoms with E-state index in [-0.39, 0.29) is 34.1 Å². The van der Waals surface area contributed by atoms with Gasteiger partial charge in [0.15, 0.2) is 11.7 Å². The van der Waals surface area contributed by atoms with Crippen molar-refractivity contribution in [2.24, 2.45) is 5.73 Å². The lowest BCUT2D eigenvalue weighted by molar-refractivity contribution is -0.120. The molecule has 0 saturated heterocycles. The van der Waals surface area contributed by atoms with Crippen LogP contribution in [-0.2, 0) is 9.59 Å². The Labute approximate surface area is 234 Å². The fraction of sp³-hybridized carbons (Fsp3) is 0.172. The summed E-state index contributed by atoms with van der Waals surface area (Å²) in [7, 11) is 1.68. The van der Waals surface area contributed by atoms with Gasteiger partial charge in [-0.3, -0.25) is 14.4 Å². The Morgan fingerprint density at radius 1 is 1.02 bits per heavy atom. The van der Waals surface area contributed by atoms with Gasteiger partial charge in [-0.15, -0.1) is 0 Å². The molecule has 0 aliphatic rings. The van der Waals surface area contributed by atoms with E-state index in [0.717, 1.165) is 22.6 Å². The third-order valence-electron chi connectivity index (χ3n) is 6.20. The van der Waals surface area contributed by atoms with Crippen LogP contribution in [0.5, 0.6) is 5.75 Å². The quantitative estimate of drug-likeness (QED) is 0.273. The molecular weight excluding hydrogens is 533 g/mol. The number of hydrogen-bond acceptors (Lipinski definition) is 8. The van der Waals surface area contributed by atoms with Crippen molar-refractivity contribution in [3.8, 4) is 5.75 Å². The normalized spacial score (nSPS) is 11.5. The maximum Gasteiger partial charge on any atom is 0.264 e. The zero-order valence-corrected chi connectivity index (χ0v) is 22.9. The van der Waals surface area contributed by atoms with Gasteiger partial charge in [-0.05, 0) is 80.1 Å². The van der Waals surface area contributed by atoms with E-state index in [1.54, 1.807) is 38.2 Å². The van der Waals surface area contributed by atoms with E-state index in [9.17, 15) is 18.8 Å². The first-order chi connectivity index (χ1) is 19.0. The molecule has 3 aromatic carbocycles. The van der Waals surface area contributed by atoms with E-state index in [2.05, 4.69) is 4.98 Å². The first kappa shape index (κ1) is 28.2. The van der Waals surface area contributed by atoms with Crippen molar-refractivity contribution in [3.63, 3.8) is 0 Å². The summed E-state index contributed by atoms with van der Waals surface area (Å²) < 4.78 is 19.1. The minimum atomic E-state index is -0.844. The Hall–Kier alpha value is -4.77. The number of hydrogen-bond donors (Lipinski definition) is 2. The van der Waals surface area contributed by atoms with E-state index >= 15 is 0 Å². The minimum absolute atomic E-state index is 0.0149. The average molecular weight is 562 g/mol. The minimum Gasteiger partial charge on any atom is -0.484 e. The van der Waals surface area contributed by atoms with Gasteiger partial charge in [0, 0.05) is 24.0 Å². The zero-order chi connectivity index (χ0) is 29.0. The number of benzene rings is 3. The van der Waals surface area contributed by atoms with Gasteiger partial charge in [-0.1, -0.05) is 23.5 Å². The summed E-state index contributed by atoms with van der Waals surface area (Å²) in [5, 5.41) is 0.259. The Bertz CT molecular complexity index is 1540. The molecule has 0 aliphatic heterocycles. The summed E-state index contributed by atoms with van der Waals surface area (Å²) in [6, 6.07) is 18.5. The maximum absolute atomic E-state index is 13.5. The molecule has 206 valence electrons. The number of anilines is 4. The fourth-order valence-corrected chi connectivity index (χ4v) is 4.92. The number of aryl methyl sites for hydroxylation is 1. The molecule has 1 atom stereocenters. The highest BCUT2D eigenvalue weighted by atomic mass is 32.1. The van der Waals surface area contributed by atoms with E-state index < -0.39 is 17.8 Å². The van der Waals surface area contributed by atoms with Gasteiger partial charge in [0.05, 0.1) is 0 Å². The summed E-state index contributed by atoms with van der Waals surface area (Å²) in [5.74, 6) is -1.29. The summed E-state index contributed by atoms with van der Waals surface area (Å²) in [5.41, 5.74) is 14.2. The number of aromatic nitrogens is 1. The molecule has 2 amide bonds. The van der Waals surface area contributed by atoms with E-state index in [1.165, 1.54) is 34.1 Å². The number of likely N-dealkylation sites (N-methyl/N-ethyl adjacent to an activating group) is 1. The predicted molar refractivity (Wildman–Crippen MR) is 154 cm³/mol. The molecule has 0 fully saturated rings. The van der Waals surface area contributed by atoms with Crippen LogP contribution in [-0.4, -0.2) is 42.3 Å². The van der Waals surface area contributed by atoms with Gasteiger partial charge >= 0.3 is 0 Å². The Morgan fingerprint density at radius 2 is 1.70 bits per heavy atom. The molecule has 4 aromatic rings. The topological polar surface area (TPSA) is 132 Å². The summed E-state index contributed by atoms with van der Waals surface area (Å²) in [6.07, 6.45) is 0. The number of amides is 2. The number of thiazole rings is 1. The zero-order valence-electron chi connectivity index (χ0n) is 22.1. The molecule has 4 N–H and O–H groups in total. The molecule has 0 spiro atoms. The number of ether oxygens (including phenoxy) is 1. The number of carbonyl (C=O) groups is 3. The van der Waals surface area contributed by atoms with E-state index in [1.807, 2.05) is 31.2 Å². The average Bonchev–Trinajstić information content (AvgIpc) is 3.32. The molecule has 11 heteroatoms. The molecule has 0 radical (unpaired) electrons. The van der Waals surface area contributed by atoms with Gasteiger partial charge in [0.2, 0.25) is 11.7 Å². The van der Waals surface area contributed by atoms with Crippen LogP contribution in [0.15, 0.2) is 72.8 Å². The van der Waals surface area contributed by atoms with E-state index in [0.29, 0.717) is 17.0 Å². The van der Waals surface area contributed by atoms with Crippen LogP contribution in [0.25, 0.3) is 0 Å². The summed E-state index contributed by atoms with van der Waals surface area (Å²) >= 11 is 0.993. The Balaban J connectivity index is 1.48. The smallest absolute Gasteiger partial charge is 0.264 e. The van der Waals surface area contributed by atoms with Crippen LogP contribution in [0.1, 0.15) is 27.7 Å². The highest BCUT2D eigenvalue weighted by Gasteiger charge is 2.27. The van der Waals surface area contributed by atoms with Crippen LogP contribution >= 0.6 is 11.3 Å². The maximum atomic E-state index is 13.5. The first-order valence-corrected chi connectivity index (χ1v) is 13.1. The first-order valence-electron chi connectivity index (χ1n) is 12.3. The van der Waals surface area contributed by atoms with E-state index in [4.69, 9.17) is 16.2 Å². The number of nitrogens with two attached hydrogens (primary N) is 2. The second kappa shape index (κ2) is 12.0. The van der Waals surface area contributed by atoms with Crippen molar-refractivity contribution in [1.82, 2.24) is 4.98 Å². The lowest BCUT2D eigenvalue weighted by Crippen LogP contribution is -2.39. The molecule has 9 nitrogen and oxygen atoms in total. The standard InChI is InChI=1S/C29H28FN5O4S/c1-17-5-4-6-22(15-17)34(3)24(36)16-39-23-13-7-19(8-14-23)25(37)26-27(31)33-29(40-26)35(18(2)28(32)38)21-11-9-20(30)10-12-21/h4-15,18H,16,31H2,1-3H3,(H2,32,38). The highest BCUT2D eigenvalue weighted by Crippen LogP contribution is 2.36. The number of ketones is 1. The number of nitrogens with zero attached hydrogens (tertiary/aromatic N) is 3. The van der Waals surface area contributed by atoms with Crippen LogP contribution < -0.4 is 26.0 Å². The Morgan fingerprint density at radius 3 is 2.33 bits per heavy atom. The molecule has 4 rings (SSSR count). The van der Waals surface area contributed by atoms with Gasteiger partial charge in [0.25, 0.3) is 5.91 Å². The van der Waals surface area contributed by atoms with Gasteiger partial charge in [-0.25, -0.2) is 9.37 Å². The molecule has 40 heavy (non-hydrogen) atoms. The van der Waals surface area contributed by atoms with Crippen molar-refractivity contribution < 1.29 is 23.5 Å². The van der Waals surface area contributed by atoms with Crippen LogP contribution in [0.2, 0.25) is 0 Å². The number of carbonyl (C=O) groups excluding carboxylic acids is 3. The third kappa shape index (κ3) is 6.26. The SMILES string of the molecule is Cc1cccc(N(C)C(=O)COc2ccc(C(=O)c3sc(N(c4ccc(F)cc4)C(C)C(N)=O)nc3N)cc2)c1.